The zero-order chi connectivity index (χ0) is 6.97. The van der Waals surface area contributed by atoms with E-state index in [4.69, 9.17) is 0 Å². The molecule has 1 aliphatic heterocycles. The third-order valence-electron chi connectivity index (χ3n) is 3.03. The predicted molar refractivity (Wildman–Crippen MR) is 50.2 cm³/mol. The minimum absolute atomic E-state index is 0. The van der Waals surface area contributed by atoms with Crippen LogP contribution in [-0.2, 0) is 0 Å². The Morgan fingerprint density at radius 2 is 1.64 bits per heavy atom. The van der Waals surface area contributed by atoms with Gasteiger partial charge in [-0.3, -0.25) is 0 Å². The van der Waals surface area contributed by atoms with E-state index >= 15 is 0 Å². The SMILES string of the molecule is CN1CC2CCCC(C2)C1.Cl. The Balaban J connectivity index is 0.000000605. The van der Waals surface area contributed by atoms with Crippen LogP contribution in [0, 0.1) is 11.8 Å². The van der Waals surface area contributed by atoms with Crippen LogP contribution in [0.1, 0.15) is 25.7 Å². The Morgan fingerprint density at radius 1 is 1.09 bits per heavy atom. The van der Waals surface area contributed by atoms with Crippen molar-refractivity contribution in [2.75, 3.05) is 20.1 Å². The second kappa shape index (κ2) is 3.77. The molecule has 1 nitrogen and oxygen atoms in total. The van der Waals surface area contributed by atoms with Gasteiger partial charge in [0.15, 0.2) is 0 Å². The number of fused-ring (bicyclic) bond motifs is 2. The molecule has 2 aliphatic rings. The van der Waals surface area contributed by atoms with Crippen molar-refractivity contribution in [2.45, 2.75) is 25.7 Å². The maximum atomic E-state index is 2.51. The van der Waals surface area contributed by atoms with Crippen LogP contribution < -0.4 is 0 Å². The van der Waals surface area contributed by atoms with E-state index in [9.17, 15) is 0 Å². The molecule has 2 rings (SSSR count). The van der Waals surface area contributed by atoms with Crippen LogP contribution in [0.15, 0.2) is 0 Å². The fraction of sp³-hybridized carbons (Fsp3) is 1.00. The molecule has 0 spiro atoms. The second-order valence-electron chi connectivity index (χ2n) is 4.12. The van der Waals surface area contributed by atoms with Gasteiger partial charge in [0, 0.05) is 13.1 Å². The topological polar surface area (TPSA) is 3.24 Å². The Hall–Kier alpha value is 0.250. The highest BCUT2D eigenvalue weighted by atomic mass is 35.5. The summed E-state index contributed by atoms with van der Waals surface area (Å²) < 4.78 is 0. The van der Waals surface area contributed by atoms with Crippen molar-refractivity contribution in [3.05, 3.63) is 0 Å². The molecular formula is C9H18ClN. The molecule has 0 radical (unpaired) electrons. The molecule has 2 unspecified atom stereocenters. The second-order valence-corrected chi connectivity index (χ2v) is 4.12. The fourth-order valence-electron chi connectivity index (χ4n) is 2.69. The average molecular weight is 176 g/mol. The first-order chi connectivity index (χ1) is 4.84. The molecule has 0 aromatic carbocycles. The van der Waals surface area contributed by atoms with Gasteiger partial charge in [-0.2, -0.15) is 0 Å². The summed E-state index contributed by atoms with van der Waals surface area (Å²) in [5.74, 6) is 2.11. The normalized spacial score (nSPS) is 37.9. The smallest absolute Gasteiger partial charge is 0.000683 e. The van der Waals surface area contributed by atoms with Crippen LogP contribution in [0.5, 0.6) is 0 Å². The zero-order valence-corrected chi connectivity index (χ0v) is 8.07. The molecule has 1 heterocycles. The van der Waals surface area contributed by atoms with Crippen molar-refractivity contribution in [3.8, 4) is 0 Å². The van der Waals surface area contributed by atoms with E-state index in [0.29, 0.717) is 0 Å². The first kappa shape index (κ1) is 9.34. The van der Waals surface area contributed by atoms with Gasteiger partial charge in [0.25, 0.3) is 0 Å². The predicted octanol–water partition coefficient (Wildman–Crippen LogP) is 2.16. The molecular weight excluding hydrogens is 158 g/mol. The summed E-state index contributed by atoms with van der Waals surface area (Å²) >= 11 is 0. The Kier molecular flexibility index (Phi) is 3.20. The van der Waals surface area contributed by atoms with Gasteiger partial charge in [0.1, 0.15) is 0 Å². The minimum atomic E-state index is 0. The number of rotatable bonds is 0. The van der Waals surface area contributed by atoms with E-state index in [1.54, 1.807) is 0 Å². The van der Waals surface area contributed by atoms with Crippen LogP contribution in [0.25, 0.3) is 0 Å². The summed E-state index contributed by atoms with van der Waals surface area (Å²) in [6.45, 7) is 2.74. The first-order valence-electron chi connectivity index (χ1n) is 4.53. The van der Waals surface area contributed by atoms with E-state index < -0.39 is 0 Å². The van der Waals surface area contributed by atoms with Gasteiger partial charge >= 0.3 is 0 Å². The third-order valence-corrected chi connectivity index (χ3v) is 3.03. The largest absolute Gasteiger partial charge is 0.306 e. The van der Waals surface area contributed by atoms with Crippen molar-refractivity contribution < 1.29 is 0 Å². The van der Waals surface area contributed by atoms with E-state index in [1.165, 1.54) is 38.8 Å². The number of likely N-dealkylation sites (tertiary alicyclic amines) is 1. The molecule has 1 aliphatic carbocycles. The number of piperidine rings is 1. The Morgan fingerprint density at radius 3 is 2.18 bits per heavy atom. The molecule has 2 bridgehead atoms. The Labute approximate surface area is 75.6 Å². The summed E-state index contributed by atoms with van der Waals surface area (Å²) in [6, 6.07) is 0. The van der Waals surface area contributed by atoms with E-state index in [2.05, 4.69) is 11.9 Å². The lowest BCUT2D eigenvalue weighted by Crippen LogP contribution is -2.40. The molecule has 0 N–H and O–H groups in total. The molecule has 11 heavy (non-hydrogen) atoms. The summed E-state index contributed by atoms with van der Waals surface area (Å²) in [7, 11) is 2.27. The van der Waals surface area contributed by atoms with Gasteiger partial charge in [-0.15, -0.1) is 12.4 Å². The van der Waals surface area contributed by atoms with Gasteiger partial charge < -0.3 is 4.90 Å². The zero-order valence-electron chi connectivity index (χ0n) is 7.25. The van der Waals surface area contributed by atoms with Crippen molar-refractivity contribution in [1.82, 2.24) is 4.90 Å². The molecule has 66 valence electrons. The van der Waals surface area contributed by atoms with Gasteiger partial charge in [-0.25, -0.2) is 0 Å². The lowest BCUT2D eigenvalue weighted by Gasteiger charge is -2.39. The summed E-state index contributed by atoms with van der Waals surface area (Å²) in [6.07, 6.45) is 6.04. The maximum absolute atomic E-state index is 2.51. The van der Waals surface area contributed by atoms with Crippen LogP contribution in [0.2, 0.25) is 0 Å². The van der Waals surface area contributed by atoms with Crippen molar-refractivity contribution in [2.24, 2.45) is 11.8 Å². The van der Waals surface area contributed by atoms with Gasteiger partial charge in [-0.1, -0.05) is 6.42 Å². The highest BCUT2D eigenvalue weighted by molar-refractivity contribution is 5.85. The lowest BCUT2D eigenvalue weighted by atomic mass is 9.78. The number of nitrogens with zero attached hydrogens (tertiary/aromatic N) is 1. The van der Waals surface area contributed by atoms with E-state index in [-0.39, 0.29) is 12.4 Å². The van der Waals surface area contributed by atoms with Gasteiger partial charge in [-0.05, 0) is 38.1 Å². The standard InChI is InChI=1S/C9H17N.ClH/c1-10-6-8-3-2-4-9(5-8)7-10;/h8-9H,2-7H2,1H3;1H. The lowest BCUT2D eigenvalue weighted by molar-refractivity contribution is 0.107. The quantitative estimate of drug-likeness (QED) is 0.546. The van der Waals surface area contributed by atoms with Gasteiger partial charge in [0.05, 0.1) is 0 Å². The van der Waals surface area contributed by atoms with Crippen LogP contribution >= 0.6 is 12.4 Å². The van der Waals surface area contributed by atoms with Crippen molar-refractivity contribution >= 4 is 12.4 Å². The minimum Gasteiger partial charge on any atom is -0.306 e. The number of hydrogen-bond acceptors (Lipinski definition) is 1. The number of halogens is 1. The van der Waals surface area contributed by atoms with Crippen LogP contribution in [-0.4, -0.2) is 25.0 Å². The van der Waals surface area contributed by atoms with E-state index in [1.807, 2.05) is 0 Å². The first-order valence-corrected chi connectivity index (χ1v) is 4.53. The molecule has 1 saturated carbocycles. The highest BCUT2D eigenvalue weighted by Gasteiger charge is 2.28. The summed E-state index contributed by atoms with van der Waals surface area (Å²) in [5.41, 5.74) is 0. The van der Waals surface area contributed by atoms with Gasteiger partial charge in [0.2, 0.25) is 0 Å². The summed E-state index contributed by atoms with van der Waals surface area (Å²) in [4.78, 5) is 2.51. The molecule has 2 heteroatoms. The molecule has 0 amide bonds. The third kappa shape index (κ3) is 2.09. The molecule has 1 saturated heterocycles. The molecule has 2 atom stereocenters. The van der Waals surface area contributed by atoms with Crippen LogP contribution in [0.3, 0.4) is 0 Å². The average Bonchev–Trinajstić information content (AvgIpc) is 1.85. The number of hydrogen-bond donors (Lipinski definition) is 0. The van der Waals surface area contributed by atoms with E-state index in [0.717, 1.165) is 11.8 Å². The van der Waals surface area contributed by atoms with Crippen LogP contribution in [0.4, 0.5) is 0 Å². The molecule has 0 aromatic rings. The van der Waals surface area contributed by atoms with Crippen molar-refractivity contribution in [3.63, 3.8) is 0 Å². The maximum Gasteiger partial charge on any atom is 0.000683 e. The molecule has 0 aromatic heterocycles. The monoisotopic (exact) mass is 175 g/mol. The highest BCUT2D eigenvalue weighted by Crippen LogP contribution is 2.33. The fourth-order valence-corrected chi connectivity index (χ4v) is 2.69. The summed E-state index contributed by atoms with van der Waals surface area (Å²) in [5, 5.41) is 0. The van der Waals surface area contributed by atoms with Crippen molar-refractivity contribution in [1.29, 1.82) is 0 Å². The molecule has 2 fully saturated rings. The Bertz CT molecular complexity index is 111.